The number of carboxylic acids is 1. The molecule has 0 spiro atoms. The van der Waals surface area contributed by atoms with Gasteiger partial charge in [0, 0.05) is 12.7 Å². The van der Waals surface area contributed by atoms with Crippen LogP contribution >= 0.6 is 27.7 Å². The van der Waals surface area contributed by atoms with Crippen LogP contribution in [0.5, 0.6) is 0 Å². The van der Waals surface area contributed by atoms with Crippen LogP contribution in [0.15, 0.2) is 14.1 Å². The van der Waals surface area contributed by atoms with E-state index in [2.05, 4.69) is 15.9 Å². The van der Waals surface area contributed by atoms with Crippen LogP contribution in [0.25, 0.3) is 0 Å². The molecule has 6 nitrogen and oxygen atoms in total. The van der Waals surface area contributed by atoms with Crippen LogP contribution in [0.3, 0.4) is 0 Å². The number of carbonyl (C=O) groups is 1. The first-order chi connectivity index (χ1) is 8.40. The summed E-state index contributed by atoms with van der Waals surface area (Å²) in [5.74, 6) is -0.418. The molecule has 1 N–H and O–H groups in total. The maximum Gasteiger partial charge on any atom is 0.331 e. The van der Waals surface area contributed by atoms with E-state index >= 15 is 0 Å². The lowest BCUT2D eigenvalue weighted by molar-refractivity contribution is -0.137. The Morgan fingerprint density at radius 2 is 2.06 bits per heavy atom. The van der Waals surface area contributed by atoms with E-state index in [1.165, 1.54) is 7.05 Å². The van der Waals surface area contributed by atoms with Gasteiger partial charge in [-0.15, -0.1) is 0 Å². The van der Waals surface area contributed by atoms with Crippen molar-refractivity contribution < 1.29 is 9.90 Å². The SMILES string of the molecule is CSCCc1c(Br)c(=O)n(C)c(=O)n1CC(=O)O. The van der Waals surface area contributed by atoms with Crippen LogP contribution in [-0.4, -0.2) is 32.2 Å². The van der Waals surface area contributed by atoms with Gasteiger partial charge >= 0.3 is 11.7 Å². The molecule has 8 heteroatoms. The molecule has 0 atom stereocenters. The molecule has 1 heterocycles. The number of aromatic nitrogens is 2. The topological polar surface area (TPSA) is 81.3 Å². The molecule has 0 saturated heterocycles. The van der Waals surface area contributed by atoms with Crippen molar-refractivity contribution in [3.8, 4) is 0 Å². The number of aliphatic carboxylic acids is 1. The van der Waals surface area contributed by atoms with E-state index in [0.29, 0.717) is 17.9 Å². The molecule has 0 saturated carbocycles. The van der Waals surface area contributed by atoms with Crippen LogP contribution in [0, 0.1) is 0 Å². The van der Waals surface area contributed by atoms with Crippen molar-refractivity contribution >= 4 is 33.7 Å². The highest BCUT2D eigenvalue weighted by molar-refractivity contribution is 9.10. The summed E-state index contributed by atoms with van der Waals surface area (Å²) < 4.78 is 2.26. The Labute approximate surface area is 116 Å². The normalized spacial score (nSPS) is 10.6. The summed E-state index contributed by atoms with van der Waals surface area (Å²) in [6.45, 7) is -0.449. The Kier molecular flexibility index (Phi) is 5.21. The zero-order valence-electron chi connectivity index (χ0n) is 9.97. The molecule has 0 unspecified atom stereocenters. The number of hydrogen-bond donors (Lipinski definition) is 1. The zero-order chi connectivity index (χ0) is 13.9. The Hall–Kier alpha value is -1.02. The second-order valence-electron chi connectivity index (χ2n) is 3.63. The molecule has 0 amide bonds. The van der Waals surface area contributed by atoms with E-state index < -0.39 is 23.8 Å². The minimum Gasteiger partial charge on any atom is -0.480 e. The summed E-state index contributed by atoms with van der Waals surface area (Å²) in [5, 5.41) is 8.82. The summed E-state index contributed by atoms with van der Waals surface area (Å²) in [5.41, 5.74) is -0.626. The van der Waals surface area contributed by atoms with Gasteiger partial charge in [0.15, 0.2) is 0 Å². The van der Waals surface area contributed by atoms with Crippen molar-refractivity contribution in [3.05, 3.63) is 31.0 Å². The number of halogens is 1. The van der Waals surface area contributed by atoms with Crippen molar-refractivity contribution in [2.45, 2.75) is 13.0 Å². The van der Waals surface area contributed by atoms with Crippen molar-refractivity contribution in [3.63, 3.8) is 0 Å². The van der Waals surface area contributed by atoms with Crippen LogP contribution < -0.4 is 11.2 Å². The van der Waals surface area contributed by atoms with Gasteiger partial charge < -0.3 is 5.11 Å². The number of carboxylic acid groups (broad SMARTS) is 1. The van der Waals surface area contributed by atoms with Crippen molar-refractivity contribution in [1.29, 1.82) is 0 Å². The predicted octanol–water partition coefficient (Wildman–Crippen LogP) is 0.300. The van der Waals surface area contributed by atoms with Gasteiger partial charge in [0.1, 0.15) is 11.0 Å². The van der Waals surface area contributed by atoms with E-state index in [1.807, 2.05) is 6.26 Å². The van der Waals surface area contributed by atoms with Gasteiger partial charge in [0.05, 0.1) is 0 Å². The fourth-order valence-corrected chi connectivity index (χ4v) is 2.59. The lowest BCUT2D eigenvalue weighted by Gasteiger charge is -2.13. The highest BCUT2D eigenvalue weighted by Crippen LogP contribution is 2.12. The Morgan fingerprint density at radius 1 is 1.44 bits per heavy atom. The zero-order valence-corrected chi connectivity index (χ0v) is 12.4. The van der Waals surface area contributed by atoms with E-state index in [1.54, 1.807) is 11.8 Å². The molecule has 1 rings (SSSR count). The van der Waals surface area contributed by atoms with E-state index in [-0.39, 0.29) is 4.47 Å². The quantitative estimate of drug-likeness (QED) is 0.836. The fourth-order valence-electron chi connectivity index (χ4n) is 1.51. The molecule has 1 aromatic rings. The van der Waals surface area contributed by atoms with Crippen LogP contribution in [0.2, 0.25) is 0 Å². The number of hydrogen-bond acceptors (Lipinski definition) is 4. The molecule has 100 valence electrons. The van der Waals surface area contributed by atoms with Crippen molar-refractivity contribution in [2.75, 3.05) is 12.0 Å². The van der Waals surface area contributed by atoms with Crippen molar-refractivity contribution in [2.24, 2.45) is 7.05 Å². The average Bonchev–Trinajstić information content (AvgIpc) is 2.32. The van der Waals surface area contributed by atoms with Gasteiger partial charge in [-0.1, -0.05) is 0 Å². The molecule has 0 aliphatic carbocycles. The van der Waals surface area contributed by atoms with Crippen LogP contribution in [0.4, 0.5) is 0 Å². The molecule has 0 aromatic carbocycles. The molecule has 18 heavy (non-hydrogen) atoms. The molecule has 0 aliphatic heterocycles. The Bertz CT molecular complexity index is 578. The molecular formula is C10H13BrN2O4S. The van der Waals surface area contributed by atoms with E-state index in [4.69, 9.17) is 5.11 Å². The van der Waals surface area contributed by atoms with Gasteiger partial charge in [-0.2, -0.15) is 11.8 Å². The first-order valence-electron chi connectivity index (χ1n) is 5.09. The molecule has 0 radical (unpaired) electrons. The summed E-state index contributed by atoms with van der Waals surface area (Å²) in [7, 11) is 1.33. The second kappa shape index (κ2) is 6.24. The molecule has 1 aromatic heterocycles. The number of nitrogens with zero attached hydrogens (tertiary/aromatic N) is 2. The molecule has 0 bridgehead atoms. The van der Waals surface area contributed by atoms with Gasteiger partial charge in [-0.05, 0) is 34.4 Å². The highest BCUT2D eigenvalue weighted by Gasteiger charge is 2.16. The number of rotatable bonds is 5. The molecule has 0 fully saturated rings. The first-order valence-corrected chi connectivity index (χ1v) is 7.27. The predicted molar refractivity (Wildman–Crippen MR) is 73.4 cm³/mol. The van der Waals surface area contributed by atoms with Gasteiger partial charge in [-0.3, -0.25) is 18.7 Å². The summed E-state index contributed by atoms with van der Waals surface area (Å²) >= 11 is 4.70. The largest absolute Gasteiger partial charge is 0.480 e. The maximum atomic E-state index is 11.9. The third kappa shape index (κ3) is 3.05. The summed E-state index contributed by atoms with van der Waals surface area (Å²) in [6, 6.07) is 0. The van der Waals surface area contributed by atoms with Crippen molar-refractivity contribution in [1.82, 2.24) is 9.13 Å². The monoisotopic (exact) mass is 336 g/mol. The standard InChI is InChI=1S/C10H13BrN2O4S/c1-12-9(16)8(11)6(3-4-18-2)13(10(12)17)5-7(14)15/h3-5H2,1-2H3,(H,14,15). The minimum atomic E-state index is -1.12. The van der Waals surface area contributed by atoms with Crippen LogP contribution in [0.1, 0.15) is 5.69 Å². The average molecular weight is 337 g/mol. The highest BCUT2D eigenvalue weighted by atomic mass is 79.9. The van der Waals surface area contributed by atoms with E-state index in [9.17, 15) is 14.4 Å². The van der Waals surface area contributed by atoms with Gasteiger partial charge in [-0.25, -0.2) is 4.79 Å². The third-order valence-electron chi connectivity index (χ3n) is 2.43. The smallest absolute Gasteiger partial charge is 0.331 e. The lowest BCUT2D eigenvalue weighted by Crippen LogP contribution is -2.41. The Morgan fingerprint density at radius 3 is 2.56 bits per heavy atom. The first kappa shape index (κ1) is 15.0. The third-order valence-corrected chi connectivity index (χ3v) is 3.84. The molecule has 0 aliphatic rings. The van der Waals surface area contributed by atoms with Crippen LogP contribution in [-0.2, 0) is 24.8 Å². The van der Waals surface area contributed by atoms with E-state index in [0.717, 1.165) is 9.13 Å². The van der Waals surface area contributed by atoms with Gasteiger partial charge in [0.25, 0.3) is 5.56 Å². The number of thioether (sulfide) groups is 1. The Balaban J connectivity index is 3.48. The lowest BCUT2D eigenvalue weighted by atomic mass is 10.3. The second-order valence-corrected chi connectivity index (χ2v) is 5.41. The minimum absolute atomic E-state index is 0.250. The summed E-state index contributed by atoms with van der Waals surface area (Å²) in [6.07, 6.45) is 2.36. The van der Waals surface area contributed by atoms with Gasteiger partial charge in [0.2, 0.25) is 0 Å². The molecular weight excluding hydrogens is 324 g/mol. The maximum absolute atomic E-state index is 11.9. The fraction of sp³-hybridized carbons (Fsp3) is 0.500. The summed E-state index contributed by atoms with van der Waals surface area (Å²) in [4.78, 5) is 34.4.